The van der Waals surface area contributed by atoms with Crippen molar-refractivity contribution >= 4 is 45.4 Å². The van der Waals surface area contributed by atoms with E-state index in [1.165, 1.54) is 18.1 Å². The minimum Gasteiger partial charge on any atom is -0.474 e. The average molecular weight is 652 g/mol. The smallest absolute Gasteiger partial charge is 0.316 e. The van der Waals surface area contributed by atoms with Gasteiger partial charge in [0.05, 0.1) is 10.5 Å². The highest BCUT2D eigenvalue weighted by Crippen LogP contribution is 2.34. The van der Waals surface area contributed by atoms with Crippen LogP contribution in [0, 0.1) is 0 Å². The molecule has 0 bridgehead atoms. The van der Waals surface area contributed by atoms with E-state index >= 15 is 0 Å². The van der Waals surface area contributed by atoms with Crippen LogP contribution in [0.25, 0.3) is 6.08 Å². The van der Waals surface area contributed by atoms with E-state index in [4.69, 9.17) is 9.47 Å². The molecule has 12 heteroatoms. The largest absolute Gasteiger partial charge is 0.474 e. The fourth-order valence-electron chi connectivity index (χ4n) is 4.47. The molecule has 4 aromatic rings. The van der Waals surface area contributed by atoms with Crippen LogP contribution in [0.1, 0.15) is 50.3 Å². The molecule has 0 aliphatic rings. The number of nitrogens with one attached hydrogen (secondary N) is 1. The second-order valence-corrected chi connectivity index (χ2v) is 14.0. The van der Waals surface area contributed by atoms with Crippen molar-refractivity contribution in [3.63, 3.8) is 0 Å². The quantitative estimate of drug-likeness (QED) is 0.0980. The first-order valence-corrected chi connectivity index (χ1v) is 17.8. The minimum atomic E-state index is -3.95. The standard InChI is InChI=1S/C32H37N5O4S3/c1-6-16-32(3,4)24-12-14-26(15-13-24)44(38,39)37-29-27(21-43-28-11-9-8-10-23(28)7-2)30(36-22-35-29)40-17-18-41-31-33-19-25(42-5)20-34-31/h7-15,19-20,22H,2,6,16-18,21H2,1,3-5H3,(H,35,36,37). The zero-order chi connectivity index (χ0) is 31.6. The average Bonchev–Trinajstić information content (AvgIpc) is 3.03. The molecule has 0 unspecified atom stereocenters. The predicted molar refractivity (Wildman–Crippen MR) is 178 cm³/mol. The van der Waals surface area contributed by atoms with Crippen molar-refractivity contribution in [2.75, 3.05) is 24.2 Å². The highest BCUT2D eigenvalue weighted by molar-refractivity contribution is 7.98. The molecule has 232 valence electrons. The van der Waals surface area contributed by atoms with Crippen LogP contribution in [0.3, 0.4) is 0 Å². The fraction of sp³-hybridized carbons (Fsp3) is 0.312. The first-order valence-electron chi connectivity index (χ1n) is 14.1. The van der Waals surface area contributed by atoms with Crippen molar-refractivity contribution in [3.05, 3.63) is 90.5 Å². The van der Waals surface area contributed by atoms with E-state index in [1.807, 2.05) is 42.7 Å². The number of hydrogen-bond acceptors (Lipinski definition) is 10. The Hall–Kier alpha value is -3.61. The summed E-state index contributed by atoms with van der Waals surface area (Å²) in [7, 11) is -3.95. The van der Waals surface area contributed by atoms with Gasteiger partial charge in [-0.3, -0.25) is 4.72 Å². The minimum absolute atomic E-state index is 0.0522. The van der Waals surface area contributed by atoms with Crippen molar-refractivity contribution in [1.29, 1.82) is 0 Å². The van der Waals surface area contributed by atoms with Crippen LogP contribution in [-0.2, 0) is 21.2 Å². The number of benzene rings is 2. The van der Waals surface area contributed by atoms with Gasteiger partial charge in [0.25, 0.3) is 10.0 Å². The summed E-state index contributed by atoms with van der Waals surface area (Å²) in [6, 6.07) is 15.1. The van der Waals surface area contributed by atoms with E-state index < -0.39 is 10.0 Å². The van der Waals surface area contributed by atoms with Gasteiger partial charge in [-0.1, -0.05) is 70.2 Å². The number of thioether (sulfide) groups is 2. The second-order valence-electron chi connectivity index (χ2n) is 10.4. The number of sulfonamides is 1. The lowest BCUT2D eigenvalue weighted by Crippen LogP contribution is -2.19. The van der Waals surface area contributed by atoms with Gasteiger partial charge >= 0.3 is 6.01 Å². The molecular formula is C32H37N5O4S3. The molecule has 2 heterocycles. The first-order chi connectivity index (χ1) is 21.2. The van der Waals surface area contributed by atoms with Gasteiger partial charge in [0, 0.05) is 27.9 Å². The monoisotopic (exact) mass is 651 g/mol. The molecular weight excluding hydrogens is 615 g/mol. The molecule has 0 spiro atoms. The summed E-state index contributed by atoms with van der Waals surface area (Å²) in [5, 5.41) is 0. The molecule has 1 N–H and O–H groups in total. The topological polar surface area (TPSA) is 116 Å². The molecule has 0 radical (unpaired) electrons. The van der Waals surface area contributed by atoms with Crippen LogP contribution in [0.4, 0.5) is 5.82 Å². The van der Waals surface area contributed by atoms with E-state index in [0.29, 0.717) is 11.3 Å². The molecule has 2 aromatic carbocycles. The Labute approximate surface area is 268 Å². The SMILES string of the molecule is C=Cc1ccccc1SCc1c(NS(=O)(=O)c2ccc(C(C)(C)CCC)cc2)ncnc1OCCOc1ncc(SC)cn1. The first kappa shape index (κ1) is 33.3. The maximum Gasteiger partial charge on any atom is 0.316 e. The third-order valence-electron chi connectivity index (χ3n) is 6.86. The van der Waals surface area contributed by atoms with E-state index in [2.05, 4.69) is 52.0 Å². The van der Waals surface area contributed by atoms with Crippen molar-refractivity contribution in [2.24, 2.45) is 0 Å². The van der Waals surface area contributed by atoms with Crippen molar-refractivity contribution in [2.45, 2.75) is 59.5 Å². The predicted octanol–water partition coefficient (Wildman–Crippen LogP) is 7.26. The van der Waals surface area contributed by atoms with Crippen molar-refractivity contribution in [3.8, 4) is 11.9 Å². The Kier molecular flexibility index (Phi) is 11.7. The van der Waals surface area contributed by atoms with Crippen LogP contribution >= 0.6 is 23.5 Å². The van der Waals surface area contributed by atoms with E-state index in [-0.39, 0.29) is 41.2 Å². The third-order valence-corrected chi connectivity index (χ3v) is 10.0. The van der Waals surface area contributed by atoms with Gasteiger partial charge < -0.3 is 9.47 Å². The molecule has 0 aliphatic heterocycles. The van der Waals surface area contributed by atoms with Gasteiger partial charge in [0.2, 0.25) is 5.88 Å². The number of hydrogen-bond donors (Lipinski definition) is 1. The molecule has 0 atom stereocenters. The maximum absolute atomic E-state index is 13.5. The third kappa shape index (κ3) is 8.73. The molecule has 4 rings (SSSR count). The van der Waals surface area contributed by atoms with Gasteiger partial charge in [0.15, 0.2) is 5.82 Å². The molecule has 0 aliphatic carbocycles. The van der Waals surface area contributed by atoms with E-state index in [9.17, 15) is 8.42 Å². The molecule has 0 saturated carbocycles. The number of rotatable bonds is 16. The Morgan fingerprint density at radius 1 is 0.977 bits per heavy atom. The summed E-state index contributed by atoms with van der Waals surface area (Å²) in [6.45, 7) is 10.7. The Morgan fingerprint density at radius 3 is 2.36 bits per heavy atom. The highest BCUT2D eigenvalue weighted by Gasteiger charge is 2.23. The molecule has 0 amide bonds. The number of anilines is 1. The Bertz CT molecular complexity index is 1650. The van der Waals surface area contributed by atoms with Crippen molar-refractivity contribution in [1.82, 2.24) is 19.9 Å². The zero-order valence-electron chi connectivity index (χ0n) is 25.3. The Balaban J connectivity index is 1.55. The van der Waals surface area contributed by atoms with Gasteiger partial charge in [-0.15, -0.1) is 23.5 Å². The van der Waals surface area contributed by atoms with E-state index in [1.54, 1.807) is 42.4 Å². The molecule has 0 fully saturated rings. The summed E-state index contributed by atoms with van der Waals surface area (Å²) < 4.78 is 41.3. The van der Waals surface area contributed by atoms with Crippen molar-refractivity contribution < 1.29 is 17.9 Å². The summed E-state index contributed by atoms with van der Waals surface area (Å²) in [5.74, 6) is 0.731. The number of ether oxygens (including phenoxy) is 2. The zero-order valence-corrected chi connectivity index (χ0v) is 27.8. The number of nitrogens with zero attached hydrogens (tertiary/aromatic N) is 4. The normalized spacial score (nSPS) is 11.6. The van der Waals surface area contributed by atoms with Crippen LogP contribution in [0.5, 0.6) is 11.9 Å². The van der Waals surface area contributed by atoms with Crippen LogP contribution in [0.2, 0.25) is 0 Å². The second kappa shape index (κ2) is 15.4. The maximum atomic E-state index is 13.5. The van der Waals surface area contributed by atoms with Gasteiger partial charge in [-0.2, -0.15) is 0 Å². The molecule has 44 heavy (non-hydrogen) atoms. The lowest BCUT2D eigenvalue weighted by molar-refractivity contribution is 0.200. The highest BCUT2D eigenvalue weighted by atomic mass is 32.2. The summed E-state index contributed by atoms with van der Waals surface area (Å²) in [5.41, 5.74) is 2.50. The lowest BCUT2D eigenvalue weighted by Gasteiger charge is -2.25. The van der Waals surface area contributed by atoms with Crippen LogP contribution in [0.15, 0.2) is 88.5 Å². The summed E-state index contributed by atoms with van der Waals surface area (Å²) in [6.07, 6.45) is 10.4. The number of aromatic nitrogens is 4. The molecule has 2 aromatic heterocycles. The van der Waals surface area contributed by atoms with Crippen LogP contribution < -0.4 is 14.2 Å². The van der Waals surface area contributed by atoms with Gasteiger partial charge in [-0.25, -0.2) is 28.4 Å². The van der Waals surface area contributed by atoms with Gasteiger partial charge in [0.1, 0.15) is 19.5 Å². The van der Waals surface area contributed by atoms with Gasteiger partial charge in [-0.05, 0) is 47.4 Å². The summed E-state index contributed by atoms with van der Waals surface area (Å²) >= 11 is 3.05. The molecule has 9 nitrogen and oxygen atoms in total. The van der Waals surface area contributed by atoms with Crippen LogP contribution in [-0.4, -0.2) is 47.8 Å². The van der Waals surface area contributed by atoms with E-state index in [0.717, 1.165) is 33.8 Å². The lowest BCUT2D eigenvalue weighted by atomic mass is 9.81. The molecule has 0 saturated heterocycles. The summed E-state index contributed by atoms with van der Waals surface area (Å²) in [4.78, 5) is 19.0. The fourth-order valence-corrected chi connectivity index (χ4v) is 6.88. The Morgan fingerprint density at radius 2 is 1.68 bits per heavy atom.